The first kappa shape index (κ1) is 10.6. The van der Waals surface area contributed by atoms with E-state index in [0.29, 0.717) is 19.5 Å². The Morgan fingerprint density at radius 1 is 1.64 bits per heavy atom. The van der Waals surface area contributed by atoms with Crippen LogP contribution in [0, 0.1) is 0 Å². The summed E-state index contributed by atoms with van der Waals surface area (Å²) in [5.41, 5.74) is 0. The average Bonchev–Trinajstić information content (AvgIpc) is 2.58. The summed E-state index contributed by atoms with van der Waals surface area (Å²) in [5.74, 6) is 0.900. The molecule has 1 amide bonds. The predicted octanol–water partition coefficient (Wildman–Crippen LogP) is -0.959. The van der Waals surface area contributed by atoms with E-state index in [1.165, 1.54) is 6.33 Å². The average molecular weight is 197 g/mol. The number of aromatic nitrogens is 3. The van der Waals surface area contributed by atoms with Crippen molar-refractivity contribution in [2.24, 2.45) is 7.05 Å². The Morgan fingerprint density at radius 2 is 2.43 bits per heavy atom. The second kappa shape index (κ2) is 5.33. The Hall–Kier alpha value is -1.43. The first-order chi connectivity index (χ1) is 6.74. The van der Waals surface area contributed by atoms with Gasteiger partial charge in [0.25, 0.3) is 0 Å². The molecule has 6 nitrogen and oxygen atoms in total. The molecule has 0 radical (unpaired) electrons. The van der Waals surface area contributed by atoms with Gasteiger partial charge >= 0.3 is 0 Å². The van der Waals surface area contributed by atoms with Gasteiger partial charge in [0.2, 0.25) is 5.91 Å². The number of nitrogens with one attached hydrogen (secondary N) is 2. The molecule has 78 valence electrons. The molecule has 1 heterocycles. The van der Waals surface area contributed by atoms with E-state index < -0.39 is 0 Å². The highest BCUT2D eigenvalue weighted by Crippen LogP contribution is 1.89. The van der Waals surface area contributed by atoms with Crippen LogP contribution in [0.4, 0.5) is 0 Å². The summed E-state index contributed by atoms with van der Waals surface area (Å²) in [6, 6.07) is 0. The third-order valence-electron chi connectivity index (χ3n) is 1.90. The molecule has 0 aromatic carbocycles. The Kier molecular flexibility index (Phi) is 4.06. The lowest BCUT2D eigenvalue weighted by Gasteiger charge is -2.03. The molecule has 0 atom stereocenters. The van der Waals surface area contributed by atoms with Gasteiger partial charge < -0.3 is 10.6 Å². The van der Waals surface area contributed by atoms with Gasteiger partial charge in [-0.25, -0.2) is 4.98 Å². The van der Waals surface area contributed by atoms with Crippen LogP contribution in [0.2, 0.25) is 0 Å². The van der Waals surface area contributed by atoms with Crippen LogP contribution in [-0.4, -0.2) is 34.3 Å². The number of nitrogens with zero attached hydrogens (tertiary/aromatic N) is 3. The summed E-state index contributed by atoms with van der Waals surface area (Å²) in [7, 11) is 3.47. The van der Waals surface area contributed by atoms with Crippen LogP contribution in [-0.2, 0) is 18.4 Å². The molecule has 0 aliphatic heterocycles. The van der Waals surface area contributed by atoms with E-state index in [0.717, 1.165) is 5.82 Å². The topological polar surface area (TPSA) is 71.8 Å². The molecule has 6 heteroatoms. The number of aryl methyl sites for hydroxylation is 1. The van der Waals surface area contributed by atoms with Crippen molar-refractivity contribution in [1.82, 2.24) is 25.4 Å². The van der Waals surface area contributed by atoms with Crippen LogP contribution >= 0.6 is 0 Å². The second-order valence-corrected chi connectivity index (χ2v) is 2.90. The summed E-state index contributed by atoms with van der Waals surface area (Å²) in [6.45, 7) is 1.28. The Labute approximate surface area is 82.7 Å². The number of amides is 1. The minimum atomic E-state index is 0.0375. The van der Waals surface area contributed by atoms with Crippen molar-refractivity contribution in [3.8, 4) is 0 Å². The highest BCUT2D eigenvalue weighted by molar-refractivity contribution is 5.75. The van der Waals surface area contributed by atoms with Crippen LogP contribution in [0.3, 0.4) is 0 Å². The molecule has 0 aliphatic carbocycles. The number of hydrogen-bond acceptors (Lipinski definition) is 4. The second-order valence-electron chi connectivity index (χ2n) is 2.90. The summed E-state index contributed by atoms with van der Waals surface area (Å²) in [5, 5.41) is 9.60. The van der Waals surface area contributed by atoms with Crippen LogP contribution < -0.4 is 10.6 Å². The highest BCUT2D eigenvalue weighted by Gasteiger charge is 2.00. The molecule has 1 rings (SSSR count). The quantitative estimate of drug-likeness (QED) is 0.596. The molecule has 0 spiro atoms. The fourth-order valence-corrected chi connectivity index (χ4v) is 1.01. The van der Waals surface area contributed by atoms with Gasteiger partial charge in [-0.2, -0.15) is 5.10 Å². The van der Waals surface area contributed by atoms with E-state index in [1.54, 1.807) is 11.7 Å². The maximum Gasteiger partial charge on any atom is 0.221 e. The lowest BCUT2D eigenvalue weighted by Crippen LogP contribution is -2.25. The van der Waals surface area contributed by atoms with Crippen molar-refractivity contribution in [2.45, 2.75) is 13.0 Å². The molecular weight excluding hydrogens is 182 g/mol. The number of hydrogen-bond donors (Lipinski definition) is 2. The lowest BCUT2D eigenvalue weighted by atomic mass is 10.4. The number of carbonyl (C=O) groups excluding carboxylic acids is 1. The van der Waals surface area contributed by atoms with Crippen LogP contribution in [0.1, 0.15) is 12.2 Å². The molecule has 0 unspecified atom stereocenters. The molecule has 1 aromatic rings. The molecule has 1 aromatic heterocycles. The van der Waals surface area contributed by atoms with E-state index in [1.807, 2.05) is 7.05 Å². The predicted molar refractivity (Wildman–Crippen MR) is 51.4 cm³/mol. The molecule has 0 bridgehead atoms. The SMILES string of the molecule is CNC(=O)CCNCc1ncnn1C. The fraction of sp³-hybridized carbons (Fsp3) is 0.625. The van der Waals surface area contributed by atoms with E-state index in [2.05, 4.69) is 20.7 Å². The van der Waals surface area contributed by atoms with Crippen molar-refractivity contribution in [3.63, 3.8) is 0 Å². The minimum Gasteiger partial charge on any atom is -0.359 e. The minimum absolute atomic E-state index is 0.0375. The number of carbonyl (C=O) groups is 1. The molecule has 0 saturated carbocycles. The maximum atomic E-state index is 10.9. The van der Waals surface area contributed by atoms with Crippen molar-refractivity contribution in [2.75, 3.05) is 13.6 Å². The van der Waals surface area contributed by atoms with E-state index in [9.17, 15) is 4.79 Å². The van der Waals surface area contributed by atoms with Crippen LogP contribution in [0.25, 0.3) is 0 Å². The Morgan fingerprint density at radius 3 is 3.00 bits per heavy atom. The summed E-state index contributed by atoms with van der Waals surface area (Å²) in [6.07, 6.45) is 1.99. The summed E-state index contributed by atoms with van der Waals surface area (Å²) in [4.78, 5) is 14.9. The maximum absolute atomic E-state index is 10.9. The molecule has 2 N–H and O–H groups in total. The fourth-order valence-electron chi connectivity index (χ4n) is 1.01. The first-order valence-electron chi connectivity index (χ1n) is 4.48. The standard InChI is InChI=1S/C8H15N5O/c1-9-8(14)3-4-10-5-7-11-6-12-13(7)2/h6,10H,3-5H2,1-2H3,(H,9,14). The van der Waals surface area contributed by atoms with Crippen molar-refractivity contribution < 1.29 is 4.79 Å². The van der Waals surface area contributed by atoms with Crippen molar-refractivity contribution >= 4 is 5.91 Å². The van der Waals surface area contributed by atoms with Gasteiger partial charge in [0.15, 0.2) is 0 Å². The molecule has 14 heavy (non-hydrogen) atoms. The zero-order valence-electron chi connectivity index (χ0n) is 8.45. The third kappa shape index (κ3) is 3.14. The van der Waals surface area contributed by atoms with Gasteiger partial charge in [-0.05, 0) is 0 Å². The Bertz CT molecular complexity index is 296. The molecule has 0 fully saturated rings. The lowest BCUT2D eigenvalue weighted by molar-refractivity contribution is -0.120. The number of rotatable bonds is 5. The van der Waals surface area contributed by atoms with Crippen LogP contribution in [0.5, 0.6) is 0 Å². The zero-order chi connectivity index (χ0) is 10.4. The summed E-state index contributed by atoms with van der Waals surface area (Å²) >= 11 is 0. The van der Waals surface area contributed by atoms with Gasteiger partial charge in [-0.1, -0.05) is 0 Å². The van der Waals surface area contributed by atoms with E-state index in [4.69, 9.17) is 0 Å². The van der Waals surface area contributed by atoms with Gasteiger partial charge in [0, 0.05) is 27.1 Å². The van der Waals surface area contributed by atoms with Gasteiger partial charge in [-0.15, -0.1) is 0 Å². The highest BCUT2D eigenvalue weighted by atomic mass is 16.1. The molecule has 0 saturated heterocycles. The molecular formula is C8H15N5O. The molecule has 0 aliphatic rings. The monoisotopic (exact) mass is 197 g/mol. The van der Waals surface area contributed by atoms with Crippen molar-refractivity contribution in [3.05, 3.63) is 12.2 Å². The largest absolute Gasteiger partial charge is 0.359 e. The first-order valence-corrected chi connectivity index (χ1v) is 4.48. The van der Waals surface area contributed by atoms with Crippen molar-refractivity contribution in [1.29, 1.82) is 0 Å². The van der Waals surface area contributed by atoms with E-state index in [-0.39, 0.29) is 5.91 Å². The summed E-state index contributed by atoms with van der Waals surface area (Å²) < 4.78 is 1.70. The van der Waals surface area contributed by atoms with Gasteiger partial charge in [0.1, 0.15) is 12.2 Å². The Balaban J connectivity index is 2.16. The van der Waals surface area contributed by atoms with Gasteiger partial charge in [0.05, 0.1) is 6.54 Å². The zero-order valence-corrected chi connectivity index (χ0v) is 8.45. The van der Waals surface area contributed by atoms with Gasteiger partial charge in [-0.3, -0.25) is 9.48 Å². The van der Waals surface area contributed by atoms with E-state index >= 15 is 0 Å². The smallest absolute Gasteiger partial charge is 0.221 e. The normalized spacial score (nSPS) is 10.1. The van der Waals surface area contributed by atoms with Crippen LogP contribution in [0.15, 0.2) is 6.33 Å². The third-order valence-corrected chi connectivity index (χ3v) is 1.90.